The number of nitrogens with two attached hydrogens (primary N) is 1. The van der Waals surface area contributed by atoms with Gasteiger partial charge in [0, 0.05) is 18.7 Å². The second-order valence-electron chi connectivity index (χ2n) is 5.00. The Hall–Kier alpha value is -1.59. The van der Waals surface area contributed by atoms with Crippen LogP contribution < -0.4 is 15.8 Å². The summed E-state index contributed by atoms with van der Waals surface area (Å²) in [6, 6.07) is 7.75. The molecule has 0 bridgehead atoms. The predicted octanol–water partition coefficient (Wildman–Crippen LogP) is 1.54. The zero-order chi connectivity index (χ0) is 15.8. The van der Waals surface area contributed by atoms with Crippen molar-refractivity contribution in [2.45, 2.75) is 32.4 Å². The van der Waals surface area contributed by atoms with Crippen molar-refractivity contribution in [1.29, 1.82) is 0 Å². The maximum Gasteiger partial charge on any atom is 0.233 e. The van der Waals surface area contributed by atoms with Gasteiger partial charge in [0.1, 0.15) is 5.75 Å². The molecule has 2 unspecified atom stereocenters. The third-order valence-electron chi connectivity index (χ3n) is 3.76. The lowest BCUT2D eigenvalue weighted by atomic mass is 9.95. The molecule has 1 aromatic rings. The van der Waals surface area contributed by atoms with Crippen LogP contribution >= 0.6 is 0 Å². The zero-order valence-electron chi connectivity index (χ0n) is 13.4. The van der Waals surface area contributed by atoms with Gasteiger partial charge in [0.2, 0.25) is 5.91 Å². The number of ether oxygens (including phenoxy) is 1. The molecule has 1 amide bonds. The number of methoxy groups -OCH3 is 1. The van der Waals surface area contributed by atoms with E-state index in [0.29, 0.717) is 6.54 Å². The summed E-state index contributed by atoms with van der Waals surface area (Å²) in [6.07, 6.45) is 0.826. The zero-order valence-corrected chi connectivity index (χ0v) is 13.4. The van der Waals surface area contributed by atoms with E-state index < -0.39 is 0 Å². The van der Waals surface area contributed by atoms with Gasteiger partial charge in [0.15, 0.2) is 0 Å². The molecule has 3 N–H and O–H groups in total. The summed E-state index contributed by atoms with van der Waals surface area (Å²) in [5.74, 6) is 0.793. The Morgan fingerprint density at radius 2 is 2.05 bits per heavy atom. The monoisotopic (exact) mass is 293 g/mol. The van der Waals surface area contributed by atoms with Crippen LogP contribution in [0.5, 0.6) is 5.75 Å². The molecule has 0 saturated heterocycles. The van der Waals surface area contributed by atoms with E-state index >= 15 is 0 Å². The molecule has 0 aliphatic carbocycles. The number of nitrogens with one attached hydrogen (secondary N) is 1. The summed E-state index contributed by atoms with van der Waals surface area (Å²) in [5.41, 5.74) is 7.37. The maximum absolute atomic E-state index is 11.8. The van der Waals surface area contributed by atoms with E-state index in [0.717, 1.165) is 24.3 Å². The first-order chi connectivity index (χ1) is 10.1. The third-order valence-corrected chi connectivity index (χ3v) is 3.76. The van der Waals surface area contributed by atoms with E-state index in [-0.39, 0.29) is 18.0 Å². The lowest BCUT2D eigenvalue weighted by Crippen LogP contribution is -2.45. The van der Waals surface area contributed by atoms with Gasteiger partial charge in [-0.15, -0.1) is 0 Å². The Bertz CT molecular complexity index is 451. The van der Waals surface area contributed by atoms with E-state index in [1.165, 1.54) is 0 Å². The summed E-state index contributed by atoms with van der Waals surface area (Å²) in [4.78, 5) is 13.8. The fraction of sp³-hybridized carbons (Fsp3) is 0.562. The lowest BCUT2D eigenvalue weighted by Gasteiger charge is -2.35. The van der Waals surface area contributed by atoms with Gasteiger partial charge in [-0.25, -0.2) is 0 Å². The summed E-state index contributed by atoms with van der Waals surface area (Å²) in [6.45, 7) is 5.15. The number of carbonyl (C=O) groups excluding carboxylic acids is 1. The Labute approximate surface area is 127 Å². The SMILES string of the molecule is CCC(N)C(c1ccccc1OC)N(CC)CC(=O)NC. The molecule has 118 valence electrons. The predicted molar refractivity (Wildman–Crippen MR) is 85.3 cm³/mol. The van der Waals surface area contributed by atoms with Crippen LogP contribution in [0.2, 0.25) is 0 Å². The minimum atomic E-state index is -0.0640. The number of hydrogen-bond donors (Lipinski definition) is 2. The molecule has 0 aromatic heterocycles. The fourth-order valence-electron chi connectivity index (χ4n) is 2.50. The number of rotatable bonds is 8. The van der Waals surface area contributed by atoms with Crippen LogP contribution in [0.25, 0.3) is 0 Å². The molecule has 5 nitrogen and oxygen atoms in total. The van der Waals surface area contributed by atoms with Crippen molar-refractivity contribution in [2.24, 2.45) is 5.73 Å². The van der Waals surface area contributed by atoms with E-state index in [1.54, 1.807) is 14.2 Å². The Morgan fingerprint density at radius 1 is 1.38 bits per heavy atom. The van der Waals surface area contributed by atoms with Crippen LogP contribution in [0.15, 0.2) is 24.3 Å². The molecule has 0 heterocycles. The number of benzene rings is 1. The number of carbonyl (C=O) groups is 1. The molecule has 1 aromatic carbocycles. The van der Waals surface area contributed by atoms with Crippen molar-refractivity contribution in [2.75, 3.05) is 27.2 Å². The Morgan fingerprint density at radius 3 is 2.57 bits per heavy atom. The highest BCUT2D eigenvalue weighted by Crippen LogP contribution is 2.31. The minimum Gasteiger partial charge on any atom is -0.496 e. The van der Waals surface area contributed by atoms with Crippen LogP contribution in [-0.2, 0) is 4.79 Å². The van der Waals surface area contributed by atoms with Gasteiger partial charge < -0.3 is 15.8 Å². The van der Waals surface area contributed by atoms with Crippen LogP contribution in [0.3, 0.4) is 0 Å². The van der Waals surface area contributed by atoms with Crippen molar-refractivity contribution in [3.63, 3.8) is 0 Å². The minimum absolute atomic E-state index is 0.0138. The topological polar surface area (TPSA) is 67.6 Å². The van der Waals surface area contributed by atoms with Crippen LogP contribution in [0.4, 0.5) is 0 Å². The first kappa shape index (κ1) is 17.5. The first-order valence-corrected chi connectivity index (χ1v) is 7.42. The molecule has 0 saturated carbocycles. The van der Waals surface area contributed by atoms with Gasteiger partial charge in [0.25, 0.3) is 0 Å². The average molecular weight is 293 g/mol. The van der Waals surface area contributed by atoms with Crippen molar-refractivity contribution >= 4 is 5.91 Å². The summed E-state index contributed by atoms with van der Waals surface area (Å²) >= 11 is 0. The van der Waals surface area contributed by atoms with E-state index in [4.69, 9.17) is 10.5 Å². The molecular formula is C16H27N3O2. The van der Waals surface area contributed by atoms with E-state index in [2.05, 4.69) is 17.1 Å². The molecule has 0 fully saturated rings. The molecular weight excluding hydrogens is 266 g/mol. The highest BCUT2D eigenvalue weighted by atomic mass is 16.5. The van der Waals surface area contributed by atoms with Gasteiger partial charge in [-0.3, -0.25) is 9.69 Å². The molecule has 0 spiro atoms. The number of likely N-dealkylation sites (N-methyl/N-ethyl adjacent to an activating group) is 2. The smallest absolute Gasteiger partial charge is 0.233 e. The normalized spacial score (nSPS) is 13.8. The molecule has 0 radical (unpaired) electrons. The van der Waals surface area contributed by atoms with Crippen LogP contribution in [0.1, 0.15) is 31.9 Å². The van der Waals surface area contributed by atoms with Gasteiger partial charge >= 0.3 is 0 Å². The molecule has 0 aliphatic rings. The standard InChI is InChI=1S/C16H27N3O2/c1-5-13(17)16(19(6-2)11-15(20)18-3)12-9-7-8-10-14(12)21-4/h7-10,13,16H,5-6,11,17H2,1-4H3,(H,18,20). The van der Waals surface area contributed by atoms with Gasteiger partial charge in [-0.1, -0.05) is 32.0 Å². The molecule has 0 aliphatic heterocycles. The molecule has 2 atom stereocenters. The average Bonchev–Trinajstić information content (AvgIpc) is 2.53. The highest BCUT2D eigenvalue weighted by molar-refractivity contribution is 5.77. The Kier molecular flexibility index (Phi) is 7.19. The third kappa shape index (κ3) is 4.44. The van der Waals surface area contributed by atoms with Crippen molar-refractivity contribution in [1.82, 2.24) is 10.2 Å². The molecule has 1 rings (SSSR count). The van der Waals surface area contributed by atoms with Crippen molar-refractivity contribution < 1.29 is 9.53 Å². The van der Waals surface area contributed by atoms with E-state index in [9.17, 15) is 4.79 Å². The number of amides is 1. The van der Waals surface area contributed by atoms with Gasteiger partial charge in [0.05, 0.1) is 19.7 Å². The van der Waals surface area contributed by atoms with E-state index in [1.807, 2.05) is 31.2 Å². The summed E-state index contributed by atoms with van der Waals surface area (Å²) in [5, 5.41) is 2.67. The maximum atomic E-state index is 11.8. The Balaban J connectivity index is 3.17. The quantitative estimate of drug-likeness (QED) is 0.763. The number of para-hydroxylation sites is 1. The van der Waals surface area contributed by atoms with Crippen LogP contribution in [-0.4, -0.2) is 44.1 Å². The fourth-order valence-corrected chi connectivity index (χ4v) is 2.50. The largest absolute Gasteiger partial charge is 0.496 e. The van der Waals surface area contributed by atoms with Crippen molar-refractivity contribution in [3.8, 4) is 5.75 Å². The highest BCUT2D eigenvalue weighted by Gasteiger charge is 2.28. The molecule has 5 heteroatoms. The second-order valence-corrected chi connectivity index (χ2v) is 5.00. The van der Waals surface area contributed by atoms with Crippen LogP contribution in [0, 0.1) is 0 Å². The summed E-state index contributed by atoms with van der Waals surface area (Å²) < 4.78 is 5.46. The number of nitrogens with zero attached hydrogens (tertiary/aromatic N) is 1. The summed E-state index contributed by atoms with van der Waals surface area (Å²) in [7, 11) is 3.30. The lowest BCUT2D eigenvalue weighted by molar-refractivity contribution is -0.122. The van der Waals surface area contributed by atoms with Gasteiger partial charge in [-0.2, -0.15) is 0 Å². The van der Waals surface area contributed by atoms with Crippen molar-refractivity contribution in [3.05, 3.63) is 29.8 Å². The second kappa shape index (κ2) is 8.64. The first-order valence-electron chi connectivity index (χ1n) is 7.42. The van der Waals surface area contributed by atoms with Gasteiger partial charge in [-0.05, 0) is 19.0 Å². The molecule has 21 heavy (non-hydrogen) atoms. The number of hydrogen-bond acceptors (Lipinski definition) is 4.